The van der Waals surface area contributed by atoms with Crippen molar-refractivity contribution in [2.24, 2.45) is 0 Å². The molecule has 0 spiro atoms. The molecule has 6 heteroatoms. The number of benzene rings is 2. The Labute approximate surface area is 143 Å². The third-order valence-corrected chi connectivity index (χ3v) is 3.88. The molecule has 0 radical (unpaired) electrons. The third kappa shape index (κ3) is 3.55. The number of nitrogens with zero attached hydrogens (tertiary/aromatic N) is 1. The maximum atomic E-state index is 12.2. The molecule has 0 aliphatic heterocycles. The summed E-state index contributed by atoms with van der Waals surface area (Å²) in [5.74, 6) is -0.265. The predicted octanol–water partition coefficient (Wildman–Crippen LogP) is 4.61. The molecular formula is C17H13Cl2N3O. The number of aryl methyl sites for hydroxylation is 1. The standard InChI is InChI=1S/C17H13Cl2N3O/c1-10-2-3-11-8-12(4-6-15(11)20-10)17(23)22-21-16-7-5-13(18)9-14(16)19/h2-9,21H,1H3,(H,22,23). The van der Waals surface area contributed by atoms with Crippen molar-refractivity contribution in [3.63, 3.8) is 0 Å². The van der Waals surface area contributed by atoms with Crippen LogP contribution < -0.4 is 10.9 Å². The number of carbonyl (C=O) groups excluding carboxylic acids is 1. The highest BCUT2D eigenvalue weighted by Gasteiger charge is 2.08. The lowest BCUT2D eigenvalue weighted by molar-refractivity contribution is 0.0963. The Morgan fingerprint density at radius 2 is 1.87 bits per heavy atom. The minimum absolute atomic E-state index is 0.265. The van der Waals surface area contributed by atoms with Gasteiger partial charge in [0, 0.05) is 21.7 Å². The highest BCUT2D eigenvalue weighted by Crippen LogP contribution is 2.24. The average molecular weight is 346 g/mol. The van der Waals surface area contributed by atoms with Crippen LogP contribution in [-0.4, -0.2) is 10.9 Å². The second-order valence-corrected chi connectivity index (χ2v) is 5.91. The summed E-state index contributed by atoms with van der Waals surface area (Å²) < 4.78 is 0. The Balaban J connectivity index is 1.76. The Morgan fingerprint density at radius 3 is 2.65 bits per heavy atom. The topological polar surface area (TPSA) is 54.0 Å². The van der Waals surface area contributed by atoms with Crippen LogP contribution in [0.1, 0.15) is 16.1 Å². The molecule has 2 N–H and O–H groups in total. The Kier molecular flexibility index (Phi) is 4.37. The predicted molar refractivity (Wildman–Crippen MR) is 94.0 cm³/mol. The highest BCUT2D eigenvalue weighted by molar-refractivity contribution is 6.36. The number of pyridine rings is 1. The van der Waals surface area contributed by atoms with Crippen molar-refractivity contribution in [1.82, 2.24) is 10.4 Å². The summed E-state index contributed by atoms with van der Waals surface area (Å²) in [6.07, 6.45) is 0. The zero-order valence-corrected chi connectivity index (χ0v) is 13.7. The molecule has 1 amide bonds. The minimum atomic E-state index is -0.265. The van der Waals surface area contributed by atoms with Gasteiger partial charge >= 0.3 is 0 Å². The van der Waals surface area contributed by atoms with E-state index >= 15 is 0 Å². The summed E-state index contributed by atoms with van der Waals surface area (Å²) in [6, 6.07) is 14.2. The van der Waals surface area contributed by atoms with E-state index in [4.69, 9.17) is 23.2 Å². The van der Waals surface area contributed by atoms with Gasteiger partial charge in [-0.25, -0.2) is 0 Å². The van der Waals surface area contributed by atoms with Crippen molar-refractivity contribution in [3.05, 3.63) is 69.8 Å². The summed E-state index contributed by atoms with van der Waals surface area (Å²) >= 11 is 11.9. The largest absolute Gasteiger partial charge is 0.297 e. The zero-order chi connectivity index (χ0) is 16.4. The van der Waals surface area contributed by atoms with E-state index in [2.05, 4.69) is 15.8 Å². The molecule has 0 saturated heterocycles. The number of rotatable bonds is 3. The molecule has 23 heavy (non-hydrogen) atoms. The normalized spacial score (nSPS) is 10.6. The summed E-state index contributed by atoms with van der Waals surface area (Å²) in [7, 11) is 0. The first-order chi connectivity index (χ1) is 11.0. The van der Waals surface area contributed by atoms with Crippen LogP contribution in [0.3, 0.4) is 0 Å². The van der Waals surface area contributed by atoms with Gasteiger partial charge in [0.25, 0.3) is 5.91 Å². The second-order valence-electron chi connectivity index (χ2n) is 5.06. The smallest absolute Gasteiger partial charge is 0.269 e. The molecule has 1 aromatic heterocycles. The van der Waals surface area contributed by atoms with Crippen molar-refractivity contribution in [1.29, 1.82) is 0 Å². The number of anilines is 1. The van der Waals surface area contributed by atoms with Gasteiger partial charge in [-0.15, -0.1) is 0 Å². The Bertz CT molecular complexity index is 896. The molecular weight excluding hydrogens is 333 g/mol. The minimum Gasteiger partial charge on any atom is -0.297 e. The van der Waals surface area contributed by atoms with Crippen molar-refractivity contribution in [2.45, 2.75) is 6.92 Å². The van der Waals surface area contributed by atoms with Gasteiger partial charge in [-0.05, 0) is 49.4 Å². The van der Waals surface area contributed by atoms with Gasteiger partial charge in [-0.2, -0.15) is 0 Å². The number of hydrazine groups is 1. The molecule has 3 rings (SSSR count). The van der Waals surface area contributed by atoms with Crippen molar-refractivity contribution in [3.8, 4) is 0 Å². The first-order valence-corrected chi connectivity index (χ1v) is 7.67. The quantitative estimate of drug-likeness (QED) is 0.681. The van der Waals surface area contributed by atoms with E-state index in [0.717, 1.165) is 16.6 Å². The fourth-order valence-electron chi connectivity index (χ4n) is 2.16. The van der Waals surface area contributed by atoms with Crippen LogP contribution in [0.25, 0.3) is 10.9 Å². The van der Waals surface area contributed by atoms with Crippen LogP contribution in [-0.2, 0) is 0 Å². The lowest BCUT2D eigenvalue weighted by Gasteiger charge is -2.10. The molecule has 0 unspecified atom stereocenters. The highest BCUT2D eigenvalue weighted by atomic mass is 35.5. The lowest BCUT2D eigenvalue weighted by atomic mass is 10.1. The van der Waals surface area contributed by atoms with E-state index in [0.29, 0.717) is 21.3 Å². The van der Waals surface area contributed by atoms with Gasteiger partial charge in [0.15, 0.2) is 0 Å². The van der Waals surface area contributed by atoms with Gasteiger partial charge in [0.2, 0.25) is 0 Å². The maximum Gasteiger partial charge on any atom is 0.269 e. The van der Waals surface area contributed by atoms with Crippen LogP contribution >= 0.6 is 23.2 Å². The van der Waals surface area contributed by atoms with Crippen LogP contribution in [0.5, 0.6) is 0 Å². The van der Waals surface area contributed by atoms with Gasteiger partial charge in [-0.1, -0.05) is 29.3 Å². The van der Waals surface area contributed by atoms with Gasteiger partial charge in [0.05, 0.1) is 16.2 Å². The monoisotopic (exact) mass is 345 g/mol. The number of hydrogen-bond donors (Lipinski definition) is 2. The van der Waals surface area contributed by atoms with Crippen molar-refractivity contribution in [2.75, 3.05) is 5.43 Å². The number of halogens is 2. The van der Waals surface area contributed by atoms with E-state index in [1.165, 1.54) is 0 Å². The number of aromatic nitrogens is 1. The van der Waals surface area contributed by atoms with E-state index in [9.17, 15) is 4.79 Å². The van der Waals surface area contributed by atoms with Gasteiger partial charge in [-0.3, -0.25) is 20.6 Å². The summed E-state index contributed by atoms with van der Waals surface area (Å²) in [5.41, 5.74) is 8.30. The molecule has 3 aromatic rings. The fourth-order valence-corrected chi connectivity index (χ4v) is 2.61. The molecule has 1 heterocycles. The third-order valence-electron chi connectivity index (χ3n) is 3.33. The molecule has 0 aliphatic rings. The first-order valence-electron chi connectivity index (χ1n) is 6.92. The number of hydrogen-bond acceptors (Lipinski definition) is 3. The number of fused-ring (bicyclic) bond motifs is 1. The molecule has 0 bridgehead atoms. The van der Waals surface area contributed by atoms with Crippen LogP contribution in [0.2, 0.25) is 10.0 Å². The molecule has 0 atom stereocenters. The molecule has 0 fully saturated rings. The first kappa shape index (κ1) is 15.6. The Morgan fingerprint density at radius 1 is 1.04 bits per heavy atom. The van der Waals surface area contributed by atoms with E-state index < -0.39 is 0 Å². The number of carbonyl (C=O) groups is 1. The molecule has 116 valence electrons. The average Bonchev–Trinajstić information content (AvgIpc) is 2.53. The van der Waals surface area contributed by atoms with Gasteiger partial charge in [0.1, 0.15) is 0 Å². The van der Waals surface area contributed by atoms with Crippen LogP contribution in [0.4, 0.5) is 5.69 Å². The van der Waals surface area contributed by atoms with E-state index in [1.807, 2.05) is 25.1 Å². The van der Waals surface area contributed by atoms with Crippen LogP contribution in [0.15, 0.2) is 48.5 Å². The van der Waals surface area contributed by atoms with E-state index in [-0.39, 0.29) is 5.91 Å². The zero-order valence-electron chi connectivity index (χ0n) is 12.2. The van der Waals surface area contributed by atoms with Gasteiger partial charge < -0.3 is 0 Å². The molecule has 0 saturated carbocycles. The molecule has 2 aromatic carbocycles. The molecule has 0 aliphatic carbocycles. The summed E-state index contributed by atoms with van der Waals surface area (Å²) in [5, 5.41) is 1.87. The number of amides is 1. The Hall–Kier alpha value is -2.30. The summed E-state index contributed by atoms with van der Waals surface area (Å²) in [4.78, 5) is 16.7. The lowest BCUT2D eigenvalue weighted by Crippen LogP contribution is -2.29. The SMILES string of the molecule is Cc1ccc2cc(C(=O)NNc3ccc(Cl)cc3Cl)ccc2n1. The summed E-state index contributed by atoms with van der Waals surface area (Å²) in [6.45, 7) is 1.93. The van der Waals surface area contributed by atoms with Crippen molar-refractivity contribution < 1.29 is 4.79 Å². The number of nitrogens with one attached hydrogen (secondary N) is 2. The maximum absolute atomic E-state index is 12.2. The molecule has 4 nitrogen and oxygen atoms in total. The van der Waals surface area contributed by atoms with Crippen molar-refractivity contribution >= 4 is 45.7 Å². The fraction of sp³-hybridized carbons (Fsp3) is 0.0588. The van der Waals surface area contributed by atoms with Crippen LogP contribution in [0, 0.1) is 6.92 Å². The second kappa shape index (κ2) is 6.44. The van der Waals surface area contributed by atoms with E-state index in [1.54, 1.807) is 30.3 Å².